The second-order valence-corrected chi connectivity index (χ2v) is 6.07. The maximum absolute atomic E-state index is 12.3. The van der Waals surface area contributed by atoms with Gasteiger partial charge in [-0.15, -0.1) is 11.3 Å². The first-order valence-corrected chi connectivity index (χ1v) is 7.93. The molecule has 6 heteroatoms. The summed E-state index contributed by atoms with van der Waals surface area (Å²) in [6, 6.07) is 4.19. The van der Waals surface area contributed by atoms with Crippen molar-refractivity contribution in [2.24, 2.45) is 0 Å². The number of amides is 1. The van der Waals surface area contributed by atoms with Crippen LogP contribution in [-0.4, -0.2) is 47.0 Å². The predicted molar refractivity (Wildman–Crippen MR) is 83.1 cm³/mol. The molecule has 0 radical (unpaired) electrons. The average Bonchev–Trinajstić information content (AvgIpc) is 3.19. The van der Waals surface area contributed by atoms with Gasteiger partial charge in [0, 0.05) is 43.0 Å². The van der Waals surface area contributed by atoms with E-state index < -0.39 is 0 Å². The molecule has 2 aromatic rings. The molecule has 1 aliphatic heterocycles. The minimum Gasteiger partial charge on any atom is -0.341 e. The molecule has 1 unspecified atom stereocenters. The molecule has 0 bridgehead atoms. The number of carbonyl (C=O) groups is 1. The van der Waals surface area contributed by atoms with E-state index in [1.54, 1.807) is 23.7 Å². The van der Waals surface area contributed by atoms with Crippen LogP contribution in [-0.2, 0) is 11.2 Å². The van der Waals surface area contributed by atoms with Crippen LogP contribution < -0.4 is 5.32 Å². The second-order valence-electron chi connectivity index (χ2n) is 5.21. The molecule has 1 aliphatic rings. The molecule has 3 rings (SSSR count). The number of aromatic nitrogens is 2. The van der Waals surface area contributed by atoms with Crippen molar-refractivity contribution in [2.75, 3.05) is 20.1 Å². The first-order valence-electron chi connectivity index (χ1n) is 7.05. The quantitative estimate of drug-likeness (QED) is 0.931. The Morgan fingerprint density at radius 1 is 1.57 bits per heavy atom. The Labute approximate surface area is 128 Å². The molecule has 110 valence electrons. The van der Waals surface area contributed by atoms with Crippen molar-refractivity contribution in [1.82, 2.24) is 20.2 Å². The van der Waals surface area contributed by atoms with Gasteiger partial charge >= 0.3 is 0 Å². The lowest BCUT2D eigenvalue weighted by Gasteiger charge is -2.23. The smallest absolute Gasteiger partial charge is 0.228 e. The van der Waals surface area contributed by atoms with Gasteiger partial charge in [-0.05, 0) is 25.1 Å². The van der Waals surface area contributed by atoms with Gasteiger partial charge in [0.15, 0.2) is 0 Å². The lowest BCUT2D eigenvalue weighted by molar-refractivity contribution is -0.130. The predicted octanol–water partition coefficient (Wildman–Crippen LogP) is 1.57. The number of carbonyl (C=O) groups excluding carboxylic acids is 1. The van der Waals surface area contributed by atoms with Crippen LogP contribution in [0.25, 0.3) is 10.6 Å². The van der Waals surface area contributed by atoms with Gasteiger partial charge in [0.25, 0.3) is 0 Å². The summed E-state index contributed by atoms with van der Waals surface area (Å²) in [5.41, 5.74) is 1.83. The van der Waals surface area contributed by atoms with E-state index in [2.05, 4.69) is 15.3 Å². The number of nitrogens with one attached hydrogen (secondary N) is 1. The van der Waals surface area contributed by atoms with Crippen molar-refractivity contribution in [1.29, 1.82) is 0 Å². The molecule has 0 spiro atoms. The molecule has 0 aliphatic carbocycles. The number of rotatable bonds is 4. The Morgan fingerprint density at radius 3 is 3.19 bits per heavy atom. The van der Waals surface area contributed by atoms with Crippen LogP contribution in [0.5, 0.6) is 0 Å². The van der Waals surface area contributed by atoms with Gasteiger partial charge in [0.05, 0.1) is 12.1 Å². The van der Waals surface area contributed by atoms with E-state index in [-0.39, 0.29) is 5.91 Å². The van der Waals surface area contributed by atoms with Crippen molar-refractivity contribution < 1.29 is 4.79 Å². The molecule has 5 nitrogen and oxygen atoms in total. The van der Waals surface area contributed by atoms with Crippen molar-refractivity contribution in [3.63, 3.8) is 0 Å². The normalized spacial score (nSPS) is 17.9. The fraction of sp³-hybridized carbons (Fsp3) is 0.400. The third-order valence-corrected chi connectivity index (χ3v) is 4.71. The van der Waals surface area contributed by atoms with Crippen molar-refractivity contribution in [3.8, 4) is 10.6 Å². The Hall–Kier alpha value is -1.79. The largest absolute Gasteiger partial charge is 0.341 e. The van der Waals surface area contributed by atoms with Crippen molar-refractivity contribution in [2.45, 2.75) is 18.9 Å². The monoisotopic (exact) mass is 302 g/mol. The zero-order valence-electron chi connectivity index (χ0n) is 12.0. The highest BCUT2D eigenvalue weighted by molar-refractivity contribution is 7.13. The van der Waals surface area contributed by atoms with E-state index in [9.17, 15) is 4.79 Å². The summed E-state index contributed by atoms with van der Waals surface area (Å²) < 4.78 is 0. The molecular formula is C15H18N4OS. The summed E-state index contributed by atoms with van der Waals surface area (Å²) in [6.45, 7) is 1.88. The Balaban J connectivity index is 1.65. The number of likely N-dealkylation sites (N-methyl/N-ethyl adjacent to an activating group) is 1. The highest BCUT2D eigenvalue weighted by Gasteiger charge is 2.23. The van der Waals surface area contributed by atoms with Crippen LogP contribution >= 0.6 is 11.3 Å². The first-order chi connectivity index (χ1) is 10.2. The van der Waals surface area contributed by atoms with E-state index in [4.69, 9.17) is 0 Å². The molecule has 1 fully saturated rings. The second kappa shape index (κ2) is 6.32. The van der Waals surface area contributed by atoms with E-state index in [1.807, 2.05) is 29.5 Å². The number of pyridine rings is 1. The fourth-order valence-electron chi connectivity index (χ4n) is 2.46. The third-order valence-electron chi connectivity index (χ3n) is 3.77. The molecule has 3 heterocycles. The zero-order valence-corrected chi connectivity index (χ0v) is 12.8. The zero-order chi connectivity index (χ0) is 14.7. The van der Waals surface area contributed by atoms with Crippen LogP contribution in [0.1, 0.15) is 12.1 Å². The van der Waals surface area contributed by atoms with E-state index in [0.717, 1.165) is 35.8 Å². The SMILES string of the molecule is CN(C(=O)Cc1csc(-c2cccnc2)n1)C1CCNC1. The average molecular weight is 302 g/mol. The van der Waals surface area contributed by atoms with E-state index >= 15 is 0 Å². The topological polar surface area (TPSA) is 58.1 Å². The molecule has 1 amide bonds. The van der Waals surface area contributed by atoms with Gasteiger partial charge < -0.3 is 10.2 Å². The van der Waals surface area contributed by atoms with Crippen LogP contribution in [0, 0.1) is 0 Å². The summed E-state index contributed by atoms with van der Waals surface area (Å²) in [6.07, 6.45) is 4.93. The fourth-order valence-corrected chi connectivity index (χ4v) is 3.27. The summed E-state index contributed by atoms with van der Waals surface area (Å²) in [5.74, 6) is 0.131. The Kier molecular flexibility index (Phi) is 4.26. The molecule has 0 aromatic carbocycles. The minimum atomic E-state index is 0.131. The van der Waals surface area contributed by atoms with Crippen LogP contribution in [0.4, 0.5) is 0 Å². The number of hydrogen-bond donors (Lipinski definition) is 1. The molecule has 1 atom stereocenters. The first kappa shape index (κ1) is 14.2. The summed E-state index contributed by atoms with van der Waals surface area (Å²) in [7, 11) is 1.88. The standard InChI is InChI=1S/C15H18N4OS/c1-19(13-4-6-17-9-13)14(20)7-12-10-21-15(18-12)11-3-2-5-16-8-11/h2-3,5,8,10,13,17H,4,6-7,9H2,1H3. The van der Waals surface area contributed by atoms with Gasteiger partial charge in [0.2, 0.25) is 5.91 Å². The lowest BCUT2D eigenvalue weighted by atomic mass is 10.2. The number of hydrogen-bond acceptors (Lipinski definition) is 5. The van der Waals surface area contributed by atoms with E-state index in [1.165, 1.54) is 0 Å². The Morgan fingerprint density at radius 2 is 2.48 bits per heavy atom. The van der Waals surface area contributed by atoms with Crippen LogP contribution in [0.3, 0.4) is 0 Å². The number of thiazole rings is 1. The maximum Gasteiger partial charge on any atom is 0.228 e. The highest BCUT2D eigenvalue weighted by Crippen LogP contribution is 2.23. The molecular weight excluding hydrogens is 284 g/mol. The molecule has 1 N–H and O–H groups in total. The molecule has 2 aromatic heterocycles. The summed E-state index contributed by atoms with van der Waals surface area (Å²) in [4.78, 5) is 22.8. The van der Waals surface area contributed by atoms with Crippen molar-refractivity contribution in [3.05, 3.63) is 35.6 Å². The number of nitrogens with zero attached hydrogens (tertiary/aromatic N) is 3. The van der Waals surface area contributed by atoms with Gasteiger partial charge in [-0.2, -0.15) is 0 Å². The van der Waals surface area contributed by atoms with Crippen LogP contribution in [0.15, 0.2) is 29.9 Å². The van der Waals surface area contributed by atoms with Gasteiger partial charge in [-0.3, -0.25) is 9.78 Å². The van der Waals surface area contributed by atoms with Gasteiger partial charge in [0.1, 0.15) is 5.01 Å². The highest BCUT2D eigenvalue weighted by atomic mass is 32.1. The van der Waals surface area contributed by atoms with E-state index in [0.29, 0.717) is 12.5 Å². The molecule has 1 saturated heterocycles. The van der Waals surface area contributed by atoms with Gasteiger partial charge in [-0.25, -0.2) is 4.98 Å². The molecule has 21 heavy (non-hydrogen) atoms. The van der Waals surface area contributed by atoms with Gasteiger partial charge in [-0.1, -0.05) is 0 Å². The van der Waals surface area contributed by atoms with Crippen molar-refractivity contribution >= 4 is 17.2 Å². The summed E-state index contributed by atoms with van der Waals surface area (Å²) in [5, 5.41) is 6.16. The third kappa shape index (κ3) is 3.28. The van der Waals surface area contributed by atoms with Crippen LogP contribution in [0.2, 0.25) is 0 Å². The minimum absolute atomic E-state index is 0.131. The maximum atomic E-state index is 12.3. The molecule has 0 saturated carbocycles. The summed E-state index contributed by atoms with van der Waals surface area (Å²) >= 11 is 1.55. The lowest BCUT2D eigenvalue weighted by Crippen LogP contribution is -2.39. The Bertz CT molecular complexity index is 607.